The Balaban J connectivity index is 1.47. The summed E-state index contributed by atoms with van der Waals surface area (Å²) in [4.78, 5) is 12.0. The Morgan fingerprint density at radius 1 is 1.19 bits per heavy atom. The lowest BCUT2D eigenvalue weighted by atomic mass is 9.88. The van der Waals surface area contributed by atoms with E-state index in [1.165, 1.54) is 48.4 Å². The second kappa shape index (κ2) is 8.89. The molecule has 1 atom stereocenters. The third-order valence-corrected chi connectivity index (χ3v) is 9.41. The first-order valence-corrected chi connectivity index (χ1v) is 16.5. The molecule has 1 unspecified atom stereocenters. The molecule has 3 aromatic rings. The molecule has 32 heavy (non-hydrogen) atoms. The van der Waals surface area contributed by atoms with Gasteiger partial charge in [-0.15, -0.1) is 11.3 Å². The highest BCUT2D eigenvalue weighted by atomic mass is 32.1. The number of fused-ring (bicyclic) bond motifs is 1. The van der Waals surface area contributed by atoms with Crippen molar-refractivity contribution < 1.29 is 4.74 Å². The number of nitrogens with zero attached hydrogens (tertiary/aromatic N) is 4. The molecule has 5 rings (SSSR count). The normalized spacial score (nSPS) is 21.8. The number of pyridine rings is 1. The monoisotopic (exact) mass is 469 g/mol. The number of hydrogen-bond acceptors (Lipinski definition) is 6. The zero-order valence-electron chi connectivity index (χ0n) is 19.6. The van der Waals surface area contributed by atoms with E-state index in [1.807, 2.05) is 12.4 Å². The summed E-state index contributed by atoms with van der Waals surface area (Å²) in [5.41, 5.74) is 3.73. The molecule has 0 aromatic carbocycles. The Labute approximate surface area is 196 Å². The lowest BCUT2D eigenvalue weighted by Gasteiger charge is -2.35. The molecule has 2 saturated heterocycles. The molecule has 0 radical (unpaired) electrons. The van der Waals surface area contributed by atoms with Crippen LogP contribution in [0.2, 0.25) is 25.7 Å². The molecular weight excluding hydrogens is 434 g/mol. The Morgan fingerprint density at radius 3 is 2.84 bits per heavy atom. The molecule has 0 saturated carbocycles. The van der Waals surface area contributed by atoms with Gasteiger partial charge in [-0.1, -0.05) is 26.1 Å². The van der Waals surface area contributed by atoms with Crippen LogP contribution in [0.15, 0.2) is 30.0 Å². The molecule has 2 aliphatic rings. The van der Waals surface area contributed by atoms with E-state index in [1.54, 1.807) is 11.3 Å². The predicted octanol–water partition coefficient (Wildman–Crippen LogP) is 5.19. The highest BCUT2D eigenvalue weighted by Gasteiger charge is 2.39. The van der Waals surface area contributed by atoms with E-state index in [0.29, 0.717) is 6.73 Å². The average molecular weight is 470 g/mol. The molecule has 5 heterocycles. The summed E-state index contributed by atoms with van der Waals surface area (Å²) in [7, 11) is -1.10. The molecule has 0 amide bonds. The minimum Gasteiger partial charge on any atom is -0.369 e. The van der Waals surface area contributed by atoms with E-state index in [-0.39, 0.29) is 5.54 Å². The van der Waals surface area contributed by atoms with Gasteiger partial charge in [0.05, 0.1) is 11.1 Å². The molecule has 2 fully saturated rings. The van der Waals surface area contributed by atoms with Crippen molar-refractivity contribution in [1.82, 2.24) is 19.9 Å². The SMILES string of the molecule is C[Si](C)(C)CCOCn1cc(-c2nccs2)c2c(N3CCC4(CCCCN4)C3)ccnc21. The standard InChI is InChI=1S/C24H35N5OSSi/c1-32(2,3)15-13-30-18-29-16-19(23-26-11-14-31-23)21-20(6-10-25-22(21)29)28-12-8-24(17-28)7-4-5-9-27-24/h6,10-11,14,16,27H,4-5,7-9,12-13,15,17-18H2,1-3H3. The maximum Gasteiger partial charge on any atom is 0.144 e. The van der Waals surface area contributed by atoms with Crippen molar-refractivity contribution in [2.75, 3.05) is 31.1 Å². The molecule has 0 aliphatic carbocycles. The van der Waals surface area contributed by atoms with Crippen LogP contribution in [-0.2, 0) is 11.5 Å². The van der Waals surface area contributed by atoms with Gasteiger partial charge in [0.1, 0.15) is 17.4 Å². The van der Waals surface area contributed by atoms with Crippen LogP contribution in [-0.4, -0.2) is 54.4 Å². The third-order valence-electron chi connectivity index (χ3n) is 6.90. The number of anilines is 1. The Hall–Kier alpha value is -1.74. The van der Waals surface area contributed by atoms with Gasteiger partial charge in [-0.25, -0.2) is 9.97 Å². The highest BCUT2D eigenvalue weighted by molar-refractivity contribution is 7.13. The van der Waals surface area contributed by atoms with Crippen molar-refractivity contribution in [3.63, 3.8) is 0 Å². The van der Waals surface area contributed by atoms with Gasteiger partial charge in [-0.2, -0.15) is 0 Å². The van der Waals surface area contributed by atoms with Crippen molar-refractivity contribution in [1.29, 1.82) is 0 Å². The summed E-state index contributed by atoms with van der Waals surface area (Å²) in [5, 5.41) is 8.16. The lowest BCUT2D eigenvalue weighted by molar-refractivity contribution is 0.0899. The van der Waals surface area contributed by atoms with E-state index in [9.17, 15) is 0 Å². The van der Waals surface area contributed by atoms with Crippen LogP contribution in [0.5, 0.6) is 0 Å². The predicted molar refractivity (Wildman–Crippen MR) is 136 cm³/mol. The topological polar surface area (TPSA) is 55.2 Å². The molecule has 3 aromatic heterocycles. The average Bonchev–Trinajstić information content (AvgIpc) is 3.50. The quantitative estimate of drug-likeness (QED) is 0.381. The smallest absolute Gasteiger partial charge is 0.144 e. The van der Waals surface area contributed by atoms with Crippen molar-refractivity contribution in [3.05, 3.63) is 30.0 Å². The van der Waals surface area contributed by atoms with Gasteiger partial charge in [-0.05, 0) is 37.9 Å². The van der Waals surface area contributed by atoms with Crippen LogP contribution in [0.1, 0.15) is 25.7 Å². The minimum atomic E-state index is -1.10. The van der Waals surface area contributed by atoms with Gasteiger partial charge in [0.2, 0.25) is 0 Å². The summed E-state index contributed by atoms with van der Waals surface area (Å²) < 4.78 is 8.28. The molecule has 172 valence electrons. The molecule has 6 nitrogen and oxygen atoms in total. The fourth-order valence-corrected chi connectivity index (χ4v) is 6.49. The van der Waals surface area contributed by atoms with E-state index in [4.69, 9.17) is 9.72 Å². The number of piperidine rings is 1. The number of thiazole rings is 1. The van der Waals surface area contributed by atoms with Crippen molar-refractivity contribution >= 4 is 36.1 Å². The van der Waals surface area contributed by atoms with Gasteiger partial charge in [0.15, 0.2) is 0 Å². The van der Waals surface area contributed by atoms with Gasteiger partial charge in [0.25, 0.3) is 0 Å². The van der Waals surface area contributed by atoms with Gasteiger partial charge in [-0.3, -0.25) is 0 Å². The lowest BCUT2D eigenvalue weighted by Crippen LogP contribution is -2.50. The third kappa shape index (κ3) is 4.51. The minimum absolute atomic E-state index is 0.276. The van der Waals surface area contributed by atoms with Crippen LogP contribution in [0.25, 0.3) is 21.6 Å². The molecule has 0 bridgehead atoms. The maximum absolute atomic E-state index is 6.11. The Morgan fingerprint density at radius 2 is 2.09 bits per heavy atom. The van der Waals surface area contributed by atoms with Crippen molar-refractivity contribution in [2.45, 2.75) is 63.6 Å². The number of ether oxygens (including phenoxy) is 1. The Kier molecular flexibility index (Phi) is 6.13. The number of rotatable bonds is 7. The second-order valence-electron chi connectivity index (χ2n) is 10.6. The molecule has 1 spiro atoms. The van der Waals surface area contributed by atoms with Gasteiger partial charge >= 0.3 is 0 Å². The summed E-state index contributed by atoms with van der Waals surface area (Å²) >= 11 is 1.69. The largest absolute Gasteiger partial charge is 0.369 e. The molecule has 8 heteroatoms. The first-order chi connectivity index (χ1) is 15.4. The van der Waals surface area contributed by atoms with Crippen LogP contribution >= 0.6 is 11.3 Å². The van der Waals surface area contributed by atoms with E-state index >= 15 is 0 Å². The highest BCUT2D eigenvalue weighted by Crippen LogP contribution is 2.40. The molecule has 1 N–H and O–H groups in total. The van der Waals surface area contributed by atoms with Crippen LogP contribution in [0.4, 0.5) is 5.69 Å². The van der Waals surface area contributed by atoms with Gasteiger partial charge < -0.3 is 19.5 Å². The van der Waals surface area contributed by atoms with E-state index in [2.05, 4.69) is 57.1 Å². The number of aromatic nitrogens is 3. The van der Waals surface area contributed by atoms with Crippen LogP contribution in [0.3, 0.4) is 0 Å². The summed E-state index contributed by atoms with van der Waals surface area (Å²) in [6, 6.07) is 3.37. The summed E-state index contributed by atoms with van der Waals surface area (Å²) in [5.74, 6) is 0. The number of hydrogen-bond donors (Lipinski definition) is 1. The van der Waals surface area contributed by atoms with Crippen LogP contribution < -0.4 is 10.2 Å². The molecular formula is C24H35N5OSSi. The maximum atomic E-state index is 6.11. The van der Waals surface area contributed by atoms with E-state index in [0.717, 1.165) is 36.9 Å². The zero-order chi connectivity index (χ0) is 22.2. The number of nitrogens with one attached hydrogen (secondary N) is 1. The van der Waals surface area contributed by atoms with Crippen LogP contribution in [0, 0.1) is 0 Å². The first kappa shape index (κ1) is 22.1. The fourth-order valence-electron chi connectivity index (χ4n) is 5.08. The zero-order valence-corrected chi connectivity index (χ0v) is 21.4. The van der Waals surface area contributed by atoms with Gasteiger partial charge in [0, 0.05) is 62.8 Å². The van der Waals surface area contributed by atoms with Crippen molar-refractivity contribution in [2.24, 2.45) is 0 Å². The summed E-state index contributed by atoms with van der Waals surface area (Å²) in [6.07, 6.45) is 11.2. The molecule has 2 aliphatic heterocycles. The summed E-state index contributed by atoms with van der Waals surface area (Å²) in [6.45, 7) is 11.8. The first-order valence-electron chi connectivity index (χ1n) is 11.9. The second-order valence-corrected chi connectivity index (χ2v) is 17.1. The Bertz CT molecular complexity index is 1050. The van der Waals surface area contributed by atoms with E-state index < -0.39 is 8.07 Å². The fraction of sp³-hybridized carbons (Fsp3) is 0.583. The van der Waals surface area contributed by atoms with Crippen molar-refractivity contribution in [3.8, 4) is 10.6 Å².